The minimum Gasteiger partial charge on any atom is -0.297 e. The standard InChI is InChI=1S/C15H23F2N3/c1-15(2,20-8-3-4-9-20)13(19-18)10-11-6-5-7-12(16)14(11)17/h5-7,13,19H,3-4,8-10,18H2,1-2H3. The average Bonchev–Trinajstić information content (AvgIpc) is 2.95. The van der Waals surface area contributed by atoms with Gasteiger partial charge >= 0.3 is 0 Å². The second-order valence-electron chi connectivity index (χ2n) is 5.98. The first kappa shape index (κ1) is 15.4. The Morgan fingerprint density at radius 2 is 1.95 bits per heavy atom. The molecule has 1 aliphatic heterocycles. The first-order valence-electron chi connectivity index (χ1n) is 7.11. The highest BCUT2D eigenvalue weighted by Crippen LogP contribution is 2.26. The van der Waals surface area contributed by atoms with E-state index in [2.05, 4.69) is 24.2 Å². The molecule has 3 nitrogen and oxygen atoms in total. The Labute approximate surface area is 119 Å². The quantitative estimate of drug-likeness (QED) is 0.643. The van der Waals surface area contributed by atoms with Gasteiger partial charge in [0.2, 0.25) is 0 Å². The van der Waals surface area contributed by atoms with E-state index in [4.69, 9.17) is 5.84 Å². The molecule has 1 atom stereocenters. The zero-order valence-electron chi connectivity index (χ0n) is 12.1. The Kier molecular flexibility index (Phi) is 4.73. The van der Waals surface area contributed by atoms with E-state index < -0.39 is 11.6 Å². The Hall–Kier alpha value is -1.04. The van der Waals surface area contributed by atoms with Gasteiger partial charge in [0.05, 0.1) is 0 Å². The van der Waals surface area contributed by atoms with Crippen LogP contribution in [0.1, 0.15) is 32.3 Å². The number of rotatable bonds is 5. The molecule has 1 aromatic carbocycles. The van der Waals surface area contributed by atoms with Gasteiger partial charge in [-0.05, 0) is 57.8 Å². The number of benzene rings is 1. The van der Waals surface area contributed by atoms with E-state index >= 15 is 0 Å². The van der Waals surface area contributed by atoms with Gasteiger partial charge in [-0.1, -0.05) is 12.1 Å². The van der Waals surface area contributed by atoms with Crippen LogP contribution < -0.4 is 11.3 Å². The van der Waals surface area contributed by atoms with Crippen molar-refractivity contribution in [2.24, 2.45) is 5.84 Å². The molecule has 112 valence electrons. The number of hydrogen-bond acceptors (Lipinski definition) is 3. The van der Waals surface area contributed by atoms with Gasteiger partial charge in [0.25, 0.3) is 0 Å². The van der Waals surface area contributed by atoms with Crippen LogP contribution in [0.5, 0.6) is 0 Å². The van der Waals surface area contributed by atoms with Gasteiger partial charge in [0, 0.05) is 11.6 Å². The van der Waals surface area contributed by atoms with E-state index in [0.717, 1.165) is 19.2 Å². The molecule has 0 amide bonds. The molecule has 0 aliphatic carbocycles. The highest BCUT2D eigenvalue weighted by molar-refractivity contribution is 5.21. The monoisotopic (exact) mass is 283 g/mol. The molecule has 1 heterocycles. The van der Waals surface area contributed by atoms with E-state index in [1.807, 2.05) is 0 Å². The van der Waals surface area contributed by atoms with Crippen LogP contribution in [-0.4, -0.2) is 29.6 Å². The third-order valence-corrected chi connectivity index (χ3v) is 4.43. The van der Waals surface area contributed by atoms with Crippen LogP contribution in [0.3, 0.4) is 0 Å². The summed E-state index contributed by atoms with van der Waals surface area (Å²) in [7, 11) is 0. The molecule has 1 aliphatic rings. The van der Waals surface area contributed by atoms with Crippen LogP contribution >= 0.6 is 0 Å². The van der Waals surface area contributed by atoms with E-state index in [0.29, 0.717) is 12.0 Å². The fraction of sp³-hybridized carbons (Fsp3) is 0.600. The predicted octanol–water partition coefficient (Wildman–Crippen LogP) is 2.21. The van der Waals surface area contributed by atoms with Crippen molar-refractivity contribution < 1.29 is 8.78 Å². The zero-order chi connectivity index (χ0) is 14.8. The lowest BCUT2D eigenvalue weighted by atomic mass is 9.88. The van der Waals surface area contributed by atoms with Crippen molar-refractivity contribution in [2.75, 3.05) is 13.1 Å². The maximum Gasteiger partial charge on any atom is 0.162 e. The van der Waals surface area contributed by atoms with Gasteiger partial charge in [-0.25, -0.2) is 8.78 Å². The summed E-state index contributed by atoms with van der Waals surface area (Å²) in [5, 5.41) is 0. The number of likely N-dealkylation sites (tertiary alicyclic amines) is 1. The highest BCUT2D eigenvalue weighted by atomic mass is 19.2. The molecule has 0 bridgehead atoms. The summed E-state index contributed by atoms with van der Waals surface area (Å²) >= 11 is 0. The van der Waals surface area contributed by atoms with Crippen molar-refractivity contribution in [1.82, 2.24) is 10.3 Å². The van der Waals surface area contributed by atoms with Gasteiger partial charge in [0.15, 0.2) is 11.6 Å². The topological polar surface area (TPSA) is 41.3 Å². The minimum atomic E-state index is -0.808. The fourth-order valence-electron chi connectivity index (χ4n) is 2.95. The Morgan fingerprint density at radius 1 is 1.30 bits per heavy atom. The second-order valence-corrected chi connectivity index (χ2v) is 5.98. The number of nitrogens with two attached hydrogens (primary N) is 1. The number of nitrogens with zero attached hydrogens (tertiary/aromatic N) is 1. The molecule has 1 saturated heterocycles. The van der Waals surface area contributed by atoms with Crippen molar-refractivity contribution in [2.45, 2.75) is 44.7 Å². The molecule has 2 rings (SSSR count). The molecule has 1 aromatic rings. The third kappa shape index (κ3) is 3.00. The number of nitrogens with one attached hydrogen (secondary N) is 1. The first-order valence-corrected chi connectivity index (χ1v) is 7.11. The van der Waals surface area contributed by atoms with E-state index in [9.17, 15) is 8.78 Å². The molecule has 1 unspecified atom stereocenters. The molecule has 0 radical (unpaired) electrons. The smallest absolute Gasteiger partial charge is 0.162 e. The summed E-state index contributed by atoms with van der Waals surface area (Å²) in [5.74, 6) is 4.09. The van der Waals surface area contributed by atoms with Crippen LogP contribution in [-0.2, 0) is 6.42 Å². The van der Waals surface area contributed by atoms with E-state index in [-0.39, 0.29) is 11.6 Å². The lowest BCUT2D eigenvalue weighted by Gasteiger charge is -2.42. The maximum atomic E-state index is 13.8. The van der Waals surface area contributed by atoms with Crippen molar-refractivity contribution in [3.05, 3.63) is 35.4 Å². The summed E-state index contributed by atoms with van der Waals surface area (Å²) in [5.41, 5.74) is 2.94. The highest BCUT2D eigenvalue weighted by Gasteiger charge is 2.36. The Bertz CT molecular complexity index is 456. The van der Waals surface area contributed by atoms with Gasteiger partial charge in [0.1, 0.15) is 0 Å². The van der Waals surface area contributed by atoms with E-state index in [1.165, 1.54) is 18.9 Å². The van der Waals surface area contributed by atoms with Crippen molar-refractivity contribution >= 4 is 0 Å². The van der Waals surface area contributed by atoms with Gasteiger partial charge in [-0.15, -0.1) is 0 Å². The van der Waals surface area contributed by atoms with Gasteiger partial charge < -0.3 is 0 Å². The molecular weight excluding hydrogens is 260 g/mol. The molecule has 0 aromatic heterocycles. The Morgan fingerprint density at radius 3 is 2.55 bits per heavy atom. The summed E-state index contributed by atoms with van der Waals surface area (Å²) in [6.45, 7) is 6.24. The van der Waals surface area contributed by atoms with Gasteiger partial charge in [-0.3, -0.25) is 16.2 Å². The fourth-order valence-corrected chi connectivity index (χ4v) is 2.95. The number of hydrazine groups is 1. The minimum absolute atomic E-state index is 0.142. The van der Waals surface area contributed by atoms with Crippen LogP contribution in [0.25, 0.3) is 0 Å². The normalized spacial score (nSPS) is 18.4. The van der Waals surface area contributed by atoms with E-state index in [1.54, 1.807) is 6.07 Å². The lowest BCUT2D eigenvalue weighted by molar-refractivity contribution is 0.106. The lowest BCUT2D eigenvalue weighted by Crippen LogP contribution is -2.59. The molecule has 0 spiro atoms. The molecule has 20 heavy (non-hydrogen) atoms. The average molecular weight is 283 g/mol. The zero-order valence-corrected chi connectivity index (χ0v) is 12.1. The largest absolute Gasteiger partial charge is 0.297 e. The number of halogens is 2. The molecule has 5 heteroatoms. The summed E-state index contributed by atoms with van der Waals surface area (Å²) in [4.78, 5) is 2.36. The van der Waals surface area contributed by atoms with Crippen LogP contribution in [0.15, 0.2) is 18.2 Å². The van der Waals surface area contributed by atoms with Crippen molar-refractivity contribution in [3.63, 3.8) is 0 Å². The van der Waals surface area contributed by atoms with Crippen LogP contribution in [0.2, 0.25) is 0 Å². The summed E-state index contributed by atoms with van der Waals surface area (Å²) in [6.07, 6.45) is 2.72. The third-order valence-electron chi connectivity index (χ3n) is 4.43. The number of hydrogen-bond donors (Lipinski definition) is 2. The predicted molar refractivity (Wildman–Crippen MR) is 76.1 cm³/mol. The van der Waals surface area contributed by atoms with Crippen molar-refractivity contribution in [1.29, 1.82) is 0 Å². The summed E-state index contributed by atoms with van der Waals surface area (Å²) in [6, 6.07) is 4.14. The Balaban J connectivity index is 2.17. The summed E-state index contributed by atoms with van der Waals surface area (Å²) < 4.78 is 27.1. The van der Waals surface area contributed by atoms with Crippen molar-refractivity contribution in [3.8, 4) is 0 Å². The first-order chi connectivity index (χ1) is 9.46. The molecule has 1 fully saturated rings. The molecular formula is C15H23F2N3. The van der Waals surface area contributed by atoms with Gasteiger partial charge in [-0.2, -0.15) is 0 Å². The SMILES string of the molecule is CC(C)(C(Cc1cccc(F)c1F)NN)N1CCCC1. The second kappa shape index (κ2) is 6.16. The van der Waals surface area contributed by atoms with Crippen LogP contribution in [0, 0.1) is 11.6 Å². The molecule has 3 N–H and O–H groups in total. The molecule has 0 saturated carbocycles. The maximum absolute atomic E-state index is 13.8. The van der Waals surface area contributed by atoms with Crippen LogP contribution in [0.4, 0.5) is 8.78 Å².